The molecule has 0 spiro atoms. The Bertz CT molecular complexity index is 279. The van der Waals surface area contributed by atoms with Gasteiger partial charge in [0.15, 0.2) is 0 Å². The lowest BCUT2D eigenvalue weighted by atomic mass is 9.84. The van der Waals surface area contributed by atoms with Gasteiger partial charge in [0.2, 0.25) is 0 Å². The highest BCUT2D eigenvalue weighted by Gasteiger charge is 2.31. The third-order valence-corrected chi connectivity index (χ3v) is 3.32. The molecule has 2 nitrogen and oxygen atoms in total. The molecule has 1 unspecified atom stereocenters. The number of carboxylic acid groups (broad SMARTS) is 1. The van der Waals surface area contributed by atoms with E-state index >= 15 is 0 Å². The van der Waals surface area contributed by atoms with Crippen LogP contribution in [-0.2, 0) is 11.2 Å². The van der Waals surface area contributed by atoms with Gasteiger partial charge in [-0.25, -0.2) is 0 Å². The van der Waals surface area contributed by atoms with Crippen LogP contribution >= 0.6 is 11.3 Å². The molecule has 0 aliphatic carbocycles. The average molecular weight is 198 g/mol. The van der Waals surface area contributed by atoms with Crippen molar-refractivity contribution in [3.8, 4) is 0 Å². The average Bonchev–Trinajstić information content (AvgIpc) is 2.56. The van der Waals surface area contributed by atoms with Gasteiger partial charge in [-0.05, 0) is 31.2 Å². The molecule has 0 saturated heterocycles. The second-order valence-electron chi connectivity index (χ2n) is 3.48. The van der Waals surface area contributed by atoms with Gasteiger partial charge in [0.05, 0.1) is 5.41 Å². The first kappa shape index (κ1) is 10.3. The van der Waals surface area contributed by atoms with Crippen molar-refractivity contribution in [2.24, 2.45) is 5.41 Å². The minimum Gasteiger partial charge on any atom is -0.481 e. The lowest BCUT2D eigenvalue weighted by molar-refractivity contribution is -0.148. The number of thiophene rings is 1. The van der Waals surface area contributed by atoms with Crippen LogP contribution in [0.2, 0.25) is 0 Å². The topological polar surface area (TPSA) is 37.3 Å². The molecular formula is C10H14O2S. The molecular weight excluding hydrogens is 184 g/mol. The Balaban J connectivity index is 2.75. The fourth-order valence-corrected chi connectivity index (χ4v) is 2.04. The molecule has 0 aliphatic rings. The second kappa shape index (κ2) is 3.92. The van der Waals surface area contributed by atoms with Gasteiger partial charge < -0.3 is 5.11 Å². The largest absolute Gasteiger partial charge is 0.481 e. The molecule has 1 aromatic rings. The normalized spacial score (nSPS) is 15.2. The Kier molecular flexibility index (Phi) is 3.09. The fourth-order valence-electron chi connectivity index (χ4n) is 1.15. The third-order valence-electron chi connectivity index (χ3n) is 2.44. The van der Waals surface area contributed by atoms with Crippen molar-refractivity contribution in [2.75, 3.05) is 0 Å². The van der Waals surface area contributed by atoms with Gasteiger partial charge in [0.1, 0.15) is 0 Å². The summed E-state index contributed by atoms with van der Waals surface area (Å²) in [7, 11) is 0. The number of aliphatic carboxylic acids is 1. The van der Waals surface area contributed by atoms with Crippen LogP contribution in [0.4, 0.5) is 0 Å². The van der Waals surface area contributed by atoms with Crippen molar-refractivity contribution in [3.63, 3.8) is 0 Å². The predicted octanol–water partition coefficient (Wildman–Crippen LogP) is 2.79. The molecule has 1 heterocycles. The maximum atomic E-state index is 11.0. The standard InChI is InChI=1S/C10H14O2S/c1-3-10(2,9(11)12)7-8-5-4-6-13-8/h4-6H,3,7H2,1-2H3,(H,11,12). The van der Waals surface area contributed by atoms with Crippen molar-refractivity contribution in [1.29, 1.82) is 0 Å². The maximum Gasteiger partial charge on any atom is 0.309 e. The summed E-state index contributed by atoms with van der Waals surface area (Å²) in [6, 6.07) is 3.94. The highest BCUT2D eigenvalue weighted by Crippen LogP contribution is 2.28. The van der Waals surface area contributed by atoms with E-state index in [0.717, 1.165) is 4.88 Å². The molecule has 0 aromatic carbocycles. The van der Waals surface area contributed by atoms with Gasteiger partial charge in [-0.1, -0.05) is 13.0 Å². The number of carboxylic acids is 1. The molecule has 1 aromatic heterocycles. The Hall–Kier alpha value is -0.830. The number of rotatable bonds is 4. The molecule has 13 heavy (non-hydrogen) atoms. The zero-order valence-electron chi connectivity index (χ0n) is 7.91. The first-order valence-electron chi connectivity index (χ1n) is 4.34. The SMILES string of the molecule is CCC(C)(Cc1cccs1)C(=O)O. The Morgan fingerprint density at radius 2 is 2.38 bits per heavy atom. The molecule has 0 amide bonds. The van der Waals surface area contributed by atoms with Crippen molar-refractivity contribution in [3.05, 3.63) is 22.4 Å². The molecule has 0 saturated carbocycles. The maximum absolute atomic E-state index is 11.0. The molecule has 3 heteroatoms. The first-order valence-corrected chi connectivity index (χ1v) is 5.22. The Morgan fingerprint density at radius 3 is 2.77 bits per heavy atom. The van der Waals surface area contributed by atoms with E-state index < -0.39 is 11.4 Å². The molecule has 0 aliphatic heterocycles. The number of carbonyl (C=O) groups is 1. The van der Waals surface area contributed by atoms with Crippen LogP contribution in [-0.4, -0.2) is 11.1 Å². The predicted molar refractivity (Wildman–Crippen MR) is 54.1 cm³/mol. The zero-order valence-corrected chi connectivity index (χ0v) is 8.73. The third kappa shape index (κ3) is 2.31. The Morgan fingerprint density at radius 1 is 1.69 bits per heavy atom. The summed E-state index contributed by atoms with van der Waals surface area (Å²) < 4.78 is 0. The smallest absolute Gasteiger partial charge is 0.309 e. The summed E-state index contributed by atoms with van der Waals surface area (Å²) in [5.74, 6) is -0.705. The van der Waals surface area contributed by atoms with E-state index in [1.807, 2.05) is 24.4 Å². The molecule has 72 valence electrons. The van der Waals surface area contributed by atoms with Gasteiger partial charge in [-0.2, -0.15) is 0 Å². The molecule has 0 radical (unpaired) electrons. The summed E-state index contributed by atoms with van der Waals surface area (Å²) in [5.41, 5.74) is -0.606. The lowest BCUT2D eigenvalue weighted by Gasteiger charge is -2.21. The van der Waals surface area contributed by atoms with Crippen LogP contribution in [0.3, 0.4) is 0 Å². The zero-order chi connectivity index (χ0) is 9.90. The first-order chi connectivity index (χ1) is 6.08. The monoisotopic (exact) mass is 198 g/mol. The lowest BCUT2D eigenvalue weighted by Crippen LogP contribution is -2.28. The number of hydrogen-bond acceptors (Lipinski definition) is 2. The molecule has 1 atom stereocenters. The van der Waals surface area contributed by atoms with E-state index in [1.165, 1.54) is 0 Å². The van der Waals surface area contributed by atoms with Crippen LogP contribution in [0.15, 0.2) is 17.5 Å². The minimum absolute atomic E-state index is 0.606. The highest BCUT2D eigenvalue weighted by molar-refractivity contribution is 7.09. The van der Waals surface area contributed by atoms with Crippen LogP contribution in [0, 0.1) is 5.41 Å². The highest BCUT2D eigenvalue weighted by atomic mass is 32.1. The van der Waals surface area contributed by atoms with E-state index in [4.69, 9.17) is 5.11 Å². The van der Waals surface area contributed by atoms with Crippen molar-refractivity contribution in [2.45, 2.75) is 26.7 Å². The summed E-state index contributed by atoms with van der Waals surface area (Å²) in [6.07, 6.45) is 1.30. The summed E-state index contributed by atoms with van der Waals surface area (Å²) in [6.45, 7) is 3.72. The summed E-state index contributed by atoms with van der Waals surface area (Å²) >= 11 is 1.62. The molecule has 0 bridgehead atoms. The number of hydrogen-bond donors (Lipinski definition) is 1. The summed E-state index contributed by atoms with van der Waals surface area (Å²) in [5, 5.41) is 11.0. The van der Waals surface area contributed by atoms with Crippen molar-refractivity contribution < 1.29 is 9.90 Å². The van der Waals surface area contributed by atoms with E-state index in [1.54, 1.807) is 18.3 Å². The second-order valence-corrected chi connectivity index (χ2v) is 4.51. The van der Waals surface area contributed by atoms with Crippen LogP contribution in [0.1, 0.15) is 25.1 Å². The van der Waals surface area contributed by atoms with E-state index in [9.17, 15) is 4.79 Å². The van der Waals surface area contributed by atoms with Crippen LogP contribution < -0.4 is 0 Å². The molecule has 1 N–H and O–H groups in total. The van der Waals surface area contributed by atoms with Crippen LogP contribution in [0.5, 0.6) is 0 Å². The van der Waals surface area contributed by atoms with Gasteiger partial charge in [0, 0.05) is 4.88 Å². The van der Waals surface area contributed by atoms with Crippen LogP contribution in [0.25, 0.3) is 0 Å². The quantitative estimate of drug-likeness (QED) is 0.807. The van der Waals surface area contributed by atoms with E-state index in [2.05, 4.69) is 0 Å². The van der Waals surface area contributed by atoms with Gasteiger partial charge in [-0.15, -0.1) is 11.3 Å². The minimum atomic E-state index is -0.705. The van der Waals surface area contributed by atoms with Gasteiger partial charge in [-0.3, -0.25) is 4.79 Å². The molecule has 0 fully saturated rings. The Labute approximate surface area is 82.2 Å². The van der Waals surface area contributed by atoms with Crippen molar-refractivity contribution in [1.82, 2.24) is 0 Å². The summed E-state index contributed by atoms with van der Waals surface area (Å²) in [4.78, 5) is 12.1. The van der Waals surface area contributed by atoms with E-state index in [-0.39, 0.29) is 0 Å². The fraction of sp³-hybridized carbons (Fsp3) is 0.500. The van der Waals surface area contributed by atoms with Crippen molar-refractivity contribution >= 4 is 17.3 Å². The van der Waals surface area contributed by atoms with Gasteiger partial charge in [0.25, 0.3) is 0 Å². The molecule has 1 rings (SSSR count). The van der Waals surface area contributed by atoms with E-state index in [0.29, 0.717) is 12.8 Å². The van der Waals surface area contributed by atoms with Gasteiger partial charge >= 0.3 is 5.97 Å².